The van der Waals surface area contributed by atoms with E-state index in [-0.39, 0.29) is 12.0 Å². The molecule has 0 saturated heterocycles. The van der Waals surface area contributed by atoms with Crippen LogP contribution < -0.4 is 0 Å². The second-order valence-corrected chi connectivity index (χ2v) is 5.52. The van der Waals surface area contributed by atoms with Crippen molar-refractivity contribution >= 4 is 5.91 Å². The lowest BCUT2D eigenvalue weighted by Crippen LogP contribution is -2.39. The quantitative estimate of drug-likeness (QED) is 0.795. The molecule has 0 radical (unpaired) electrons. The van der Waals surface area contributed by atoms with Crippen LogP contribution in [0.4, 0.5) is 0 Å². The molecule has 2 saturated carbocycles. The predicted octanol–water partition coefficient (Wildman–Crippen LogP) is 1.80. The molecule has 3 heteroatoms. The molecular weight excluding hydrogens is 202 g/mol. The number of rotatable bonds is 3. The topological polar surface area (TPSA) is 40.5 Å². The van der Waals surface area contributed by atoms with Gasteiger partial charge in [0.05, 0.1) is 6.10 Å². The number of carbonyl (C=O) groups is 1. The summed E-state index contributed by atoms with van der Waals surface area (Å²) in [6.07, 6.45) is 7.09. The predicted molar refractivity (Wildman–Crippen MR) is 62.9 cm³/mol. The number of carbonyl (C=O) groups excluding carboxylic acids is 1. The van der Waals surface area contributed by atoms with Crippen LogP contribution in [0.25, 0.3) is 0 Å². The van der Waals surface area contributed by atoms with Gasteiger partial charge in [0.1, 0.15) is 0 Å². The van der Waals surface area contributed by atoms with E-state index in [2.05, 4.69) is 0 Å². The van der Waals surface area contributed by atoms with Gasteiger partial charge < -0.3 is 10.0 Å². The minimum atomic E-state index is -0.166. The second kappa shape index (κ2) is 5.17. The molecule has 1 N–H and O–H groups in total. The number of amides is 1. The maximum Gasteiger partial charge on any atom is 0.225 e. The number of hydrogen-bond acceptors (Lipinski definition) is 2. The summed E-state index contributed by atoms with van der Waals surface area (Å²) in [5.41, 5.74) is 0. The molecule has 3 nitrogen and oxygen atoms in total. The van der Waals surface area contributed by atoms with Crippen molar-refractivity contribution in [1.29, 1.82) is 0 Å². The van der Waals surface area contributed by atoms with E-state index < -0.39 is 0 Å². The van der Waals surface area contributed by atoms with E-state index in [9.17, 15) is 9.90 Å². The van der Waals surface area contributed by atoms with Gasteiger partial charge in [0.2, 0.25) is 5.91 Å². The third-order valence-electron chi connectivity index (χ3n) is 4.18. The van der Waals surface area contributed by atoms with E-state index in [1.54, 1.807) is 0 Å². The van der Waals surface area contributed by atoms with Crippen LogP contribution in [0.15, 0.2) is 0 Å². The molecule has 1 amide bonds. The Balaban J connectivity index is 1.76. The lowest BCUT2D eigenvalue weighted by Gasteiger charge is -2.33. The molecule has 0 aliphatic heterocycles. The average Bonchev–Trinajstić information content (AvgIpc) is 2.23. The molecule has 0 aromatic rings. The highest BCUT2D eigenvalue weighted by molar-refractivity contribution is 5.78. The highest BCUT2D eigenvalue weighted by atomic mass is 16.3. The van der Waals surface area contributed by atoms with Crippen molar-refractivity contribution in [2.75, 3.05) is 13.6 Å². The maximum atomic E-state index is 12.1. The van der Waals surface area contributed by atoms with Gasteiger partial charge in [0.15, 0.2) is 0 Å². The van der Waals surface area contributed by atoms with Crippen LogP contribution in [0.2, 0.25) is 0 Å². The van der Waals surface area contributed by atoms with Crippen LogP contribution in [-0.2, 0) is 4.79 Å². The van der Waals surface area contributed by atoms with Gasteiger partial charge in [-0.15, -0.1) is 0 Å². The Morgan fingerprint density at radius 1 is 1.19 bits per heavy atom. The van der Waals surface area contributed by atoms with Gasteiger partial charge in [-0.3, -0.25) is 4.79 Å². The summed E-state index contributed by atoms with van der Waals surface area (Å²) >= 11 is 0. The molecule has 0 atom stereocenters. The first-order valence-corrected chi connectivity index (χ1v) is 6.60. The maximum absolute atomic E-state index is 12.1. The van der Waals surface area contributed by atoms with E-state index in [1.165, 1.54) is 19.3 Å². The monoisotopic (exact) mass is 225 g/mol. The fourth-order valence-corrected chi connectivity index (χ4v) is 2.79. The molecule has 0 bridgehead atoms. The summed E-state index contributed by atoms with van der Waals surface area (Å²) < 4.78 is 0. The number of aliphatic hydroxyl groups excluding tert-OH is 1. The van der Waals surface area contributed by atoms with Gasteiger partial charge in [-0.25, -0.2) is 0 Å². The molecule has 2 rings (SSSR count). The second-order valence-electron chi connectivity index (χ2n) is 5.52. The molecule has 0 aromatic heterocycles. The van der Waals surface area contributed by atoms with Crippen molar-refractivity contribution in [3.8, 4) is 0 Å². The van der Waals surface area contributed by atoms with Crippen LogP contribution in [-0.4, -0.2) is 35.6 Å². The van der Waals surface area contributed by atoms with Crippen molar-refractivity contribution in [3.63, 3.8) is 0 Å². The Labute approximate surface area is 97.8 Å². The molecule has 0 spiro atoms. The Morgan fingerprint density at radius 3 is 2.31 bits per heavy atom. The van der Waals surface area contributed by atoms with E-state index >= 15 is 0 Å². The van der Waals surface area contributed by atoms with Crippen molar-refractivity contribution in [1.82, 2.24) is 4.90 Å². The first kappa shape index (κ1) is 11.9. The SMILES string of the molecule is CN(CC1CCC1)C(=O)C1CCC(O)CC1. The molecule has 0 aromatic carbocycles. The van der Waals surface area contributed by atoms with Crippen LogP contribution in [0, 0.1) is 11.8 Å². The van der Waals surface area contributed by atoms with Crippen molar-refractivity contribution < 1.29 is 9.90 Å². The number of aliphatic hydroxyl groups is 1. The summed E-state index contributed by atoms with van der Waals surface area (Å²) in [6, 6.07) is 0. The molecule has 2 aliphatic carbocycles. The van der Waals surface area contributed by atoms with Gasteiger partial charge in [-0.05, 0) is 44.4 Å². The van der Waals surface area contributed by atoms with Crippen molar-refractivity contribution in [2.24, 2.45) is 11.8 Å². The minimum absolute atomic E-state index is 0.166. The Hall–Kier alpha value is -0.570. The van der Waals surface area contributed by atoms with E-state index in [0.29, 0.717) is 5.91 Å². The first-order valence-electron chi connectivity index (χ1n) is 6.60. The zero-order valence-corrected chi connectivity index (χ0v) is 10.2. The minimum Gasteiger partial charge on any atom is -0.393 e. The molecule has 2 aliphatic rings. The average molecular weight is 225 g/mol. The first-order chi connectivity index (χ1) is 7.66. The molecule has 92 valence electrons. The van der Waals surface area contributed by atoms with E-state index in [4.69, 9.17) is 0 Å². The van der Waals surface area contributed by atoms with Gasteiger partial charge in [0.25, 0.3) is 0 Å². The van der Waals surface area contributed by atoms with Crippen molar-refractivity contribution in [2.45, 2.75) is 51.0 Å². The lowest BCUT2D eigenvalue weighted by molar-refractivity contribution is -0.136. The summed E-state index contributed by atoms with van der Waals surface area (Å²) in [5, 5.41) is 9.42. The number of nitrogens with zero attached hydrogens (tertiary/aromatic N) is 1. The summed E-state index contributed by atoms with van der Waals surface area (Å²) in [5.74, 6) is 1.23. The summed E-state index contributed by atoms with van der Waals surface area (Å²) in [4.78, 5) is 14.0. The Morgan fingerprint density at radius 2 is 1.81 bits per heavy atom. The third-order valence-corrected chi connectivity index (χ3v) is 4.18. The molecule has 2 fully saturated rings. The largest absolute Gasteiger partial charge is 0.393 e. The smallest absolute Gasteiger partial charge is 0.225 e. The zero-order valence-electron chi connectivity index (χ0n) is 10.2. The summed E-state index contributed by atoms with van der Waals surface area (Å²) in [6.45, 7) is 0.942. The molecular formula is C13H23NO2. The Kier molecular flexibility index (Phi) is 3.85. The number of hydrogen-bond donors (Lipinski definition) is 1. The highest BCUT2D eigenvalue weighted by Gasteiger charge is 2.29. The van der Waals surface area contributed by atoms with Crippen molar-refractivity contribution in [3.05, 3.63) is 0 Å². The van der Waals surface area contributed by atoms with Gasteiger partial charge >= 0.3 is 0 Å². The molecule has 0 unspecified atom stereocenters. The van der Waals surface area contributed by atoms with Crippen LogP contribution in [0.1, 0.15) is 44.9 Å². The highest BCUT2D eigenvalue weighted by Crippen LogP contribution is 2.29. The Bertz CT molecular complexity index is 242. The van der Waals surface area contributed by atoms with Crippen LogP contribution in [0.3, 0.4) is 0 Å². The van der Waals surface area contributed by atoms with E-state index in [0.717, 1.165) is 38.1 Å². The van der Waals surface area contributed by atoms with Crippen LogP contribution in [0.5, 0.6) is 0 Å². The fraction of sp³-hybridized carbons (Fsp3) is 0.923. The summed E-state index contributed by atoms with van der Waals surface area (Å²) in [7, 11) is 1.94. The molecule has 16 heavy (non-hydrogen) atoms. The van der Waals surface area contributed by atoms with Crippen LogP contribution >= 0.6 is 0 Å². The van der Waals surface area contributed by atoms with E-state index in [1.807, 2.05) is 11.9 Å². The standard InChI is InChI=1S/C13H23NO2/c1-14(9-10-3-2-4-10)13(16)11-5-7-12(15)8-6-11/h10-12,15H,2-9H2,1H3. The third kappa shape index (κ3) is 2.76. The van der Waals surface area contributed by atoms with Gasteiger partial charge in [0, 0.05) is 19.5 Å². The lowest BCUT2D eigenvalue weighted by atomic mass is 9.84. The zero-order chi connectivity index (χ0) is 11.5. The van der Waals surface area contributed by atoms with Gasteiger partial charge in [-0.1, -0.05) is 6.42 Å². The van der Waals surface area contributed by atoms with Gasteiger partial charge in [-0.2, -0.15) is 0 Å². The molecule has 0 heterocycles. The fourth-order valence-electron chi connectivity index (χ4n) is 2.79. The normalized spacial score (nSPS) is 30.9.